The van der Waals surface area contributed by atoms with E-state index in [0.717, 1.165) is 63.9 Å². The summed E-state index contributed by atoms with van der Waals surface area (Å²) in [5.74, 6) is 0.430. The van der Waals surface area contributed by atoms with Gasteiger partial charge in [-0.05, 0) is 25.7 Å². The van der Waals surface area contributed by atoms with Gasteiger partial charge in [0.1, 0.15) is 0 Å². The number of aliphatic imine (C=N–C) groups is 1. The maximum atomic E-state index is 11.9. The molecule has 31 heavy (non-hydrogen) atoms. The van der Waals surface area contributed by atoms with E-state index in [1.54, 1.807) is 23.6 Å². The Morgan fingerprint density at radius 1 is 1.26 bits per heavy atom. The smallest absolute Gasteiger partial charge is 0.242 e. The molecule has 2 aliphatic rings. The standard InChI is InChI=1S/C12H20N2O2.C7H10N6.C2H2/c15-11-6-2-1-3-9-14(11)10-12(16)13-7-4-5-8-13;8-4-12-7(9)11-2-1-6-3-10-5-13-6;1-2/h1-10H2;3,5H,1-2H2,(H,10,13)(H3,9,11,12);1-2H. The number of carbonyl (C=O) groups is 2. The summed E-state index contributed by atoms with van der Waals surface area (Å²) in [4.78, 5) is 37.9. The van der Waals surface area contributed by atoms with Gasteiger partial charge in [-0.1, -0.05) is 6.42 Å². The number of aromatic amines is 1. The molecule has 0 bridgehead atoms. The number of nitrogens with zero attached hydrogens (tertiary/aromatic N) is 5. The van der Waals surface area contributed by atoms with E-state index in [-0.39, 0.29) is 17.8 Å². The monoisotopic (exact) mass is 428 g/mol. The molecular formula is C21H32N8O2. The number of hydrogen-bond acceptors (Lipinski definition) is 5. The third-order valence-electron chi connectivity index (χ3n) is 4.86. The Bertz CT molecular complexity index is 745. The van der Waals surface area contributed by atoms with Crippen molar-refractivity contribution < 1.29 is 9.59 Å². The fraction of sp³-hybridized carbons (Fsp3) is 0.571. The van der Waals surface area contributed by atoms with Gasteiger partial charge in [-0.25, -0.2) is 4.98 Å². The first-order chi connectivity index (χ1) is 15.1. The average Bonchev–Trinajstić information content (AvgIpc) is 3.46. The second-order valence-corrected chi connectivity index (χ2v) is 7.04. The fourth-order valence-electron chi connectivity index (χ4n) is 3.25. The number of nitrogens with two attached hydrogens (primary N) is 1. The second-order valence-electron chi connectivity index (χ2n) is 7.04. The van der Waals surface area contributed by atoms with Crippen molar-refractivity contribution in [3.05, 3.63) is 18.2 Å². The Morgan fingerprint density at radius 2 is 1.97 bits per heavy atom. The number of rotatable bonds is 5. The number of amides is 2. The molecule has 0 radical (unpaired) electrons. The van der Waals surface area contributed by atoms with Crippen LogP contribution in [0.4, 0.5) is 0 Å². The van der Waals surface area contributed by atoms with Crippen LogP contribution in [0.2, 0.25) is 0 Å². The molecule has 4 N–H and O–H groups in total. The van der Waals surface area contributed by atoms with Crippen molar-refractivity contribution in [1.82, 2.24) is 25.1 Å². The summed E-state index contributed by atoms with van der Waals surface area (Å²) in [5, 5.41) is 10.4. The van der Waals surface area contributed by atoms with Gasteiger partial charge in [-0.2, -0.15) is 5.26 Å². The zero-order chi connectivity index (χ0) is 22.9. The van der Waals surface area contributed by atoms with Gasteiger partial charge >= 0.3 is 0 Å². The largest absolute Gasteiger partial charge is 0.369 e. The quantitative estimate of drug-likeness (QED) is 0.206. The molecule has 10 nitrogen and oxygen atoms in total. The molecule has 2 saturated heterocycles. The summed E-state index contributed by atoms with van der Waals surface area (Å²) in [5.41, 5.74) is 6.31. The topological polar surface area (TPSA) is 144 Å². The Hall–Kier alpha value is -3.53. The number of imidazole rings is 1. The molecule has 0 aromatic carbocycles. The van der Waals surface area contributed by atoms with Crippen LogP contribution in [0.3, 0.4) is 0 Å². The van der Waals surface area contributed by atoms with Gasteiger partial charge in [0, 0.05) is 50.9 Å². The van der Waals surface area contributed by atoms with Crippen molar-refractivity contribution in [3.8, 4) is 19.0 Å². The maximum Gasteiger partial charge on any atom is 0.242 e. The van der Waals surface area contributed by atoms with Gasteiger partial charge < -0.3 is 20.5 Å². The highest BCUT2D eigenvalue weighted by atomic mass is 16.2. The molecule has 3 rings (SSSR count). The highest BCUT2D eigenvalue weighted by Crippen LogP contribution is 2.13. The Kier molecular flexibility index (Phi) is 12.6. The Morgan fingerprint density at radius 3 is 2.61 bits per heavy atom. The van der Waals surface area contributed by atoms with E-state index in [9.17, 15) is 9.59 Å². The summed E-state index contributed by atoms with van der Waals surface area (Å²) >= 11 is 0. The lowest BCUT2D eigenvalue weighted by Crippen LogP contribution is -2.41. The summed E-state index contributed by atoms with van der Waals surface area (Å²) < 4.78 is 0. The first kappa shape index (κ1) is 25.5. The minimum absolute atomic E-state index is 0.132. The van der Waals surface area contributed by atoms with Crippen molar-refractivity contribution in [2.24, 2.45) is 10.7 Å². The van der Waals surface area contributed by atoms with Crippen LogP contribution < -0.4 is 11.1 Å². The highest BCUT2D eigenvalue weighted by Gasteiger charge is 2.23. The van der Waals surface area contributed by atoms with Crippen molar-refractivity contribution in [2.45, 2.75) is 44.9 Å². The van der Waals surface area contributed by atoms with Crippen LogP contribution in [0.25, 0.3) is 0 Å². The SMILES string of the molecule is C#C.N#CNC(N)=NCCc1cnc[nH]1.O=C(CN1CCCCCC1=O)N1CCCC1. The fourth-order valence-corrected chi connectivity index (χ4v) is 3.25. The van der Waals surface area contributed by atoms with E-state index in [2.05, 4.69) is 33.1 Å². The van der Waals surface area contributed by atoms with E-state index in [0.29, 0.717) is 19.5 Å². The molecule has 1 aromatic heterocycles. The first-order valence-corrected chi connectivity index (χ1v) is 10.4. The van der Waals surface area contributed by atoms with Gasteiger partial charge in [-0.3, -0.25) is 19.9 Å². The molecule has 0 atom stereocenters. The lowest BCUT2D eigenvalue weighted by Gasteiger charge is -2.23. The summed E-state index contributed by atoms with van der Waals surface area (Å²) in [7, 11) is 0. The zero-order valence-electron chi connectivity index (χ0n) is 17.9. The number of terminal acetylenes is 1. The van der Waals surface area contributed by atoms with Crippen LogP contribution in [-0.4, -0.2) is 70.3 Å². The van der Waals surface area contributed by atoms with Crippen LogP contribution in [0.15, 0.2) is 17.5 Å². The number of likely N-dealkylation sites (tertiary alicyclic amines) is 2. The van der Waals surface area contributed by atoms with Gasteiger partial charge in [0.25, 0.3) is 0 Å². The minimum atomic E-state index is 0.132. The van der Waals surface area contributed by atoms with E-state index in [1.807, 2.05) is 4.90 Å². The van der Waals surface area contributed by atoms with E-state index < -0.39 is 0 Å². The molecule has 2 fully saturated rings. The van der Waals surface area contributed by atoms with Crippen LogP contribution in [0.1, 0.15) is 44.2 Å². The van der Waals surface area contributed by atoms with E-state index >= 15 is 0 Å². The van der Waals surface area contributed by atoms with Gasteiger partial charge in [0.2, 0.25) is 17.8 Å². The molecule has 0 spiro atoms. The molecule has 0 unspecified atom stereocenters. The number of nitriles is 1. The summed E-state index contributed by atoms with van der Waals surface area (Å²) in [6.45, 7) is 3.35. The van der Waals surface area contributed by atoms with E-state index in [4.69, 9.17) is 11.0 Å². The van der Waals surface area contributed by atoms with Crippen molar-refractivity contribution in [2.75, 3.05) is 32.7 Å². The molecule has 168 valence electrons. The number of guanidine groups is 1. The molecule has 0 saturated carbocycles. The molecule has 2 aliphatic heterocycles. The average molecular weight is 429 g/mol. The predicted molar refractivity (Wildman–Crippen MR) is 118 cm³/mol. The van der Waals surface area contributed by atoms with Gasteiger partial charge in [-0.15, -0.1) is 12.8 Å². The van der Waals surface area contributed by atoms with Crippen molar-refractivity contribution in [3.63, 3.8) is 0 Å². The zero-order valence-corrected chi connectivity index (χ0v) is 17.9. The third-order valence-corrected chi connectivity index (χ3v) is 4.86. The van der Waals surface area contributed by atoms with Crippen LogP contribution >= 0.6 is 0 Å². The van der Waals surface area contributed by atoms with Crippen LogP contribution in [0.5, 0.6) is 0 Å². The molecule has 1 aromatic rings. The van der Waals surface area contributed by atoms with Crippen molar-refractivity contribution in [1.29, 1.82) is 5.26 Å². The molecule has 0 aliphatic carbocycles. The molecule has 3 heterocycles. The number of nitrogens with one attached hydrogen (secondary N) is 2. The van der Waals surface area contributed by atoms with Gasteiger partial charge in [0.15, 0.2) is 6.19 Å². The minimum Gasteiger partial charge on any atom is -0.369 e. The van der Waals surface area contributed by atoms with Crippen LogP contribution in [0, 0.1) is 24.3 Å². The second kappa shape index (κ2) is 15.3. The first-order valence-electron chi connectivity index (χ1n) is 10.4. The molecule has 10 heteroatoms. The summed E-state index contributed by atoms with van der Waals surface area (Å²) in [6, 6.07) is 0. The number of carbonyl (C=O) groups excluding carboxylic acids is 2. The highest BCUT2D eigenvalue weighted by molar-refractivity contribution is 5.85. The van der Waals surface area contributed by atoms with E-state index in [1.165, 1.54) is 0 Å². The lowest BCUT2D eigenvalue weighted by molar-refractivity contribution is -0.139. The lowest BCUT2D eigenvalue weighted by atomic mass is 10.2. The Labute approximate surface area is 183 Å². The normalized spacial score (nSPS) is 16.2. The number of hydrogen-bond donors (Lipinski definition) is 3. The van der Waals surface area contributed by atoms with Crippen molar-refractivity contribution >= 4 is 17.8 Å². The number of aromatic nitrogens is 2. The predicted octanol–water partition coefficient (Wildman–Crippen LogP) is 0.598. The third kappa shape index (κ3) is 10.2. The molecule has 2 amide bonds. The maximum absolute atomic E-state index is 11.9. The molecular weight excluding hydrogens is 396 g/mol. The van der Waals surface area contributed by atoms with Crippen LogP contribution in [-0.2, 0) is 16.0 Å². The Balaban J connectivity index is 0.000000293. The summed E-state index contributed by atoms with van der Waals surface area (Å²) in [6.07, 6.45) is 19.7. The van der Waals surface area contributed by atoms with Gasteiger partial charge in [0.05, 0.1) is 12.9 Å². The number of H-pyrrole nitrogens is 1.